The molecule has 0 saturated carbocycles. The van der Waals surface area contributed by atoms with Gasteiger partial charge in [-0.1, -0.05) is 12.6 Å². The molecular formula is C28H26F2N6O3. The molecule has 0 spiro atoms. The van der Waals surface area contributed by atoms with Crippen molar-refractivity contribution in [3.8, 4) is 17.2 Å². The van der Waals surface area contributed by atoms with E-state index >= 15 is 0 Å². The quantitative estimate of drug-likeness (QED) is 0.339. The Hall–Kier alpha value is -4.64. The van der Waals surface area contributed by atoms with Gasteiger partial charge in [-0.3, -0.25) is 14.2 Å². The van der Waals surface area contributed by atoms with E-state index in [4.69, 9.17) is 4.74 Å². The summed E-state index contributed by atoms with van der Waals surface area (Å²) in [5, 5.41) is 6.47. The summed E-state index contributed by atoms with van der Waals surface area (Å²) in [4.78, 5) is 36.9. The van der Waals surface area contributed by atoms with Crippen molar-refractivity contribution in [1.82, 2.24) is 19.4 Å². The number of amides is 1. The average molecular weight is 533 g/mol. The molecule has 4 aromatic rings. The van der Waals surface area contributed by atoms with Crippen LogP contribution in [0.4, 0.5) is 20.4 Å². The molecule has 2 N–H and O–H groups in total. The third-order valence-corrected chi connectivity index (χ3v) is 6.43. The van der Waals surface area contributed by atoms with E-state index in [2.05, 4.69) is 39.1 Å². The number of pyridine rings is 1. The summed E-state index contributed by atoms with van der Waals surface area (Å²) < 4.78 is 34.7. The Kier molecular flexibility index (Phi) is 7.33. The number of carbonyl (C=O) groups is 1. The maximum atomic E-state index is 14.4. The van der Waals surface area contributed by atoms with Crippen LogP contribution in [0.3, 0.4) is 0 Å². The van der Waals surface area contributed by atoms with E-state index in [-0.39, 0.29) is 23.2 Å². The third-order valence-electron chi connectivity index (χ3n) is 6.43. The number of aromatic nitrogens is 3. The Morgan fingerprint density at radius 1 is 1.13 bits per heavy atom. The lowest BCUT2D eigenvalue weighted by atomic mass is 10.1. The number of ether oxygens (including phenoxy) is 1. The molecule has 5 rings (SSSR count). The zero-order chi connectivity index (χ0) is 27.5. The smallest absolute Gasteiger partial charge is 0.299 e. The monoisotopic (exact) mass is 532 g/mol. The van der Waals surface area contributed by atoms with Crippen LogP contribution in [0, 0.1) is 11.6 Å². The summed E-state index contributed by atoms with van der Waals surface area (Å²) >= 11 is 0. The number of hydrogen-bond donors (Lipinski definition) is 2. The number of rotatable bonds is 7. The number of hydrogen-bond acceptors (Lipinski definition) is 7. The van der Waals surface area contributed by atoms with Crippen molar-refractivity contribution in [3.63, 3.8) is 0 Å². The number of nitrogens with zero attached hydrogens (tertiary/aromatic N) is 4. The van der Waals surface area contributed by atoms with E-state index in [1.165, 1.54) is 10.6 Å². The van der Waals surface area contributed by atoms with Gasteiger partial charge in [0.1, 0.15) is 5.82 Å². The second-order valence-electron chi connectivity index (χ2n) is 9.26. The number of halogens is 2. The van der Waals surface area contributed by atoms with Crippen LogP contribution in [0.25, 0.3) is 16.7 Å². The first kappa shape index (κ1) is 26.0. The molecular weight excluding hydrogens is 506 g/mol. The summed E-state index contributed by atoms with van der Waals surface area (Å²) in [6, 6.07) is 11.0. The normalized spacial score (nSPS) is 14.2. The maximum absolute atomic E-state index is 14.4. The number of benzene rings is 2. The lowest BCUT2D eigenvalue weighted by Gasteiger charge is -2.29. The van der Waals surface area contributed by atoms with Gasteiger partial charge >= 0.3 is 0 Å². The average Bonchev–Trinajstić information content (AvgIpc) is 2.92. The standard InChI is InChI=1S/C28H26F2N6O3/c1-3-25(37)32-20-5-4-6-21(15-20)36-26-17(16-31-28(34-26)33-19-9-11-35(2)12-10-19)13-24(27(36)38)39-23-8-7-18(29)14-22(23)30/h3-8,13-16,19H,1,9-12H2,2H3,(H,32,37)(H,31,33,34). The Balaban J connectivity index is 1.62. The van der Waals surface area contributed by atoms with Crippen LogP contribution in [-0.2, 0) is 4.79 Å². The summed E-state index contributed by atoms with van der Waals surface area (Å²) in [5.41, 5.74) is 0.444. The van der Waals surface area contributed by atoms with Gasteiger partial charge in [-0.05, 0) is 75.5 Å². The molecule has 200 valence electrons. The van der Waals surface area contributed by atoms with Crippen LogP contribution in [0.1, 0.15) is 12.8 Å². The summed E-state index contributed by atoms with van der Waals surface area (Å²) in [6.45, 7) is 5.34. The second kappa shape index (κ2) is 11.0. The molecule has 3 heterocycles. The minimum atomic E-state index is -0.955. The zero-order valence-corrected chi connectivity index (χ0v) is 21.2. The number of piperidine rings is 1. The number of anilines is 2. The van der Waals surface area contributed by atoms with Crippen molar-refractivity contribution in [2.24, 2.45) is 0 Å². The van der Waals surface area contributed by atoms with Crippen LogP contribution >= 0.6 is 0 Å². The van der Waals surface area contributed by atoms with E-state index in [9.17, 15) is 18.4 Å². The van der Waals surface area contributed by atoms with Gasteiger partial charge in [0, 0.05) is 29.4 Å². The molecule has 0 bridgehead atoms. The van der Waals surface area contributed by atoms with Gasteiger partial charge in [0.25, 0.3) is 5.56 Å². The lowest BCUT2D eigenvalue weighted by Crippen LogP contribution is -2.37. The predicted molar refractivity (Wildman–Crippen MR) is 145 cm³/mol. The van der Waals surface area contributed by atoms with Crippen molar-refractivity contribution in [2.45, 2.75) is 18.9 Å². The fraction of sp³-hybridized carbons (Fsp3) is 0.214. The molecule has 9 nitrogen and oxygen atoms in total. The van der Waals surface area contributed by atoms with Gasteiger partial charge < -0.3 is 20.3 Å². The van der Waals surface area contributed by atoms with Gasteiger partial charge in [0.2, 0.25) is 11.9 Å². The Morgan fingerprint density at radius 3 is 2.67 bits per heavy atom. The molecule has 39 heavy (non-hydrogen) atoms. The van der Waals surface area contributed by atoms with Gasteiger partial charge in [0.15, 0.2) is 23.0 Å². The van der Waals surface area contributed by atoms with Crippen molar-refractivity contribution in [3.05, 3.63) is 89.4 Å². The molecule has 0 radical (unpaired) electrons. The maximum Gasteiger partial charge on any atom is 0.299 e. The first-order chi connectivity index (χ1) is 18.8. The van der Waals surface area contributed by atoms with Crippen LogP contribution in [0.15, 0.2) is 72.2 Å². The SMILES string of the molecule is C=CC(=O)Nc1cccc(-n2c(=O)c(Oc3ccc(F)cc3F)cc3cnc(NC4CCN(C)CC4)nc32)c1. The molecule has 1 amide bonds. The van der Waals surface area contributed by atoms with E-state index in [0.29, 0.717) is 28.8 Å². The van der Waals surface area contributed by atoms with Crippen molar-refractivity contribution >= 4 is 28.6 Å². The van der Waals surface area contributed by atoms with Crippen molar-refractivity contribution in [2.75, 3.05) is 30.8 Å². The Morgan fingerprint density at radius 2 is 1.92 bits per heavy atom. The molecule has 0 unspecified atom stereocenters. The topological polar surface area (TPSA) is 101 Å². The Labute approximate surface area is 222 Å². The summed E-state index contributed by atoms with van der Waals surface area (Å²) in [5.74, 6) is -2.31. The largest absolute Gasteiger partial charge is 0.448 e. The van der Waals surface area contributed by atoms with Gasteiger partial charge in [-0.15, -0.1) is 0 Å². The molecule has 11 heteroatoms. The van der Waals surface area contributed by atoms with Crippen molar-refractivity contribution < 1.29 is 18.3 Å². The highest BCUT2D eigenvalue weighted by atomic mass is 19.1. The van der Waals surface area contributed by atoms with Crippen LogP contribution < -0.4 is 20.9 Å². The number of nitrogens with one attached hydrogen (secondary N) is 2. The molecule has 2 aromatic heterocycles. The lowest BCUT2D eigenvalue weighted by molar-refractivity contribution is -0.111. The van der Waals surface area contributed by atoms with E-state index in [1.807, 2.05) is 0 Å². The molecule has 0 aliphatic carbocycles. The van der Waals surface area contributed by atoms with Gasteiger partial charge in [0.05, 0.1) is 5.69 Å². The van der Waals surface area contributed by atoms with Crippen LogP contribution in [-0.4, -0.2) is 51.5 Å². The van der Waals surface area contributed by atoms with Crippen LogP contribution in [0.2, 0.25) is 0 Å². The van der Waals surface area contributed by atoms with E-state index in [1.54, 1.807) is 30.5 Å². The fourth-order valence-corrected chi connectivity index (χ4v) is 4.38. The first-order valence-electron chi connectivity index (χ1n) is 12.4. The number of fused-ring (bicyclic) bond motifs is 1. The first-order valence-corrected chi connectivity index (χ1v) is 12.4. The highest BCUT2D eigenvalue weighted by molar-refractivity contribution is 5.99. The van der Waals surface area contributed by atoms with E-state index in [0.717, 1.165) is 44.1 Å². The summed E-state index contributed by atoms with van der Waals surface area (Å²) in [7, 11) is 2.07. The zero-order valence-electron chi connectivity index (χ0n) is 21.2. The predicted octanol–water partition coefficient (Wildman–Crippen LogP) is 4.48. The van der Waals surface area contributed by atoms with E-state index < -0.39 is 23.1 Å². The molecule has 1 aliphatic rings. The Bertz CT molecular complexity index is 1620. The van der Waals surface area contributed by atoms with Crippen LogP contribution in [0.5, 0.6) is 11.5 Å². The molecule has 1 aliphatic heterocycles. The van der Waals surface area contributed by atoms with Crippen molar-refractivity contribution in [1.29, 1.82) is 0 Å². The number of likely N-dealkylation sites (tertiary alicyclic amines) is 1. The van der Waals surface area contributed by atoms with Gasteiger partial charge in [-0.25, -0.2) is 13.8 Å². The second-order valence-corrected chi connectivity index (χ2v) is 9.26. The molecule has 2 aromatic carbocycles. The molecule has 1 fully saturated rings. The van der Waals surface area contributed by atoms with Gasteiger partial charge in [-0.2, -0.15) is 4.98 Å². The summed E-state index contributed by atoms with van der Waals surface area (Å²) in [6.07, 6.45) is 4.53. The highest BCUT2D eigenvalue weighted by Gasteiger charge is 2.20. The molecule has 1 saturated heterocycles. The minimum Gasteiger partial charge on any atom is -0.448 e. The molecule has 0 atom stereocenters. The fourth-order valence-electron chi connectivity index (χ4n) is 4.38. The highest BCUT2D eigenvalue weighted by Crippen LogP contribution is 2.27. The number of carbonyl (C=O) groups excluding carboxylic acids is 1. The third kappa shape index (κ3) is 5.78. The minimum absolute atomic E-state index is 0.181.